The fraction of sp³-hybridized carbons (Fsp3) is 0.462. The maximum atomic E-state index is 4.52. The predicted molar refractivity (Wildman–Crippen MR) is 116 cm³/mol. The van der Waals surface area contributed by atoms with Crippen LogP contribution in [0.15, 0.2) is 60.7 Å². The second kappa shape index (κ2) is 8.89. The molecule has 1 heteroatoms. The van der Waals surface area contributed by atoms with Crippen LogP contribution in [-0.4, -0.2) is 6.04 Å². The lowest BCUT2D eigenvalue weighted by Gasteiger charge is -2.27. The normalized spacial score (nSPS) is 21.8. The lowest BCUT2D eigenvalue weighted by atomic mass is 9.93. The van der Waals surface area contributed by atoms with Crippen molar-refractivity contribution < 1.29 is 0 Å². The van der Waals surface area contributed by atoms with Gasteiger partial charge in [-0.25, -0.2) is 0 Å². The predicted octanol–water partition coefficient (Wildman–Crippen LogP) is 7.19. The summed E-state index contributed by atoms with van der Waals surface area (Å²) in [6.45, 7) is 4.52. The van der Waals surface area contributed by atoms with Crippen LogP contribution in [0.1, 0.15) is 81.4 Å². The molecule has 0 heterocycles. The summed E-state index contributed by atoms with van der Waals surface area (Å²) < 4.78 is 0. The average molecular weight is 360 g/mol. The summed E-state index contributed by atoms with van der Waals surface area (Å²) >= 11 is 0. The van der Waals surface area contributed by atoms with Gasteiger partial charge in [-0.2, -0.15) is 0 Å². The highest BCUT2D eigenvalue weighted by Gasteiger charge is 2.30. The number of rotatable bonds is 2. The first-order chi connectivity index (χ1) is 13.3. The number of fused-ring (bicyclic) bond motifs is 3. The van der Waals surface area contributed by atoms with Crippen LogP contribution in [0.2, 0.25) is 0 Å². The van der Waals surface area contributed by atoms with Crippen molar-refractivity contribution in [1.82, 2.24) is 5.32 Å². The first-order valence-electron chi connectivity index (χ1n) is 11.0. The zero-order valence-corrected chi connectivity index (χ0v) is 16.6. The highest BCUT2D eigenvalue weighted by atomic mass is 15.0. The molecule has 1 N–H and O–H groups in total. The Morgan fingerprint density at radius 2 is 1.19 bits per heavy atom. The largest absolute Gasteiger partial charge is 0.300 e. The van der Waals surface area contributed by atoms with E-state index in [0.29, 0.717) is 12.1 Å². The molecule has 0 aromatic heterocycles. The van der Waals surface area contributed by atoms with Crippen molar-refractivity contribution in [3.05, 3.63) is 71.8 Å². The molecule has 1 atom stereocenters. The van der Waals surface area contributed by atoms with E-state index in [0.717, 1.165) is 0 Å². The molecule has 1 unspecified atom stereocenters. The zero-order chi connectivity index (χ0) is 18.5. The molecule has 2 aliphatic rings. The Labute approximate surface area is 164 Å². The van der Waals surface area contributed by atoms with Gasteiger partial charge in [0, 0.05) is 6.04 Å². The minimum absolute atomic E-state index is 0.298. The Morgan fingerprint density at radius 3 is 1.81 bits per heavy atom. The minimum atomic E-state index is 0.298. The van der Waals surface area contributed by atoms with Gasteiger partial charge in [0.25, 0.3) is 0 Å². The highest BCUT2D eigenvalue weighted by Crippen LogP contribution is 2.43. The molecule has 0 bridgehead atoms. The molecule has 27 heavy (non-hydrogen) atoms. The number of nitrogens with one attached hydrogen (secondary N) is 1. The van der Waals surface area contributed by atoms with E-state index in [-0.39, 0.29) is 0 Å². The number of hydrogen-bond donors (Lipinski definition) is 1. The van der Waals surface area contributed by atoms with Crippen LogP contribution in [0, 0.1) is 0 Å². The summed E-state index contributed by atoms with van der Waals surface area (Å²) in [7, 11) is 0. The van der Waals surface area contributed by atoms with Crippen molar-refractivity contribution in [2.75, 3.05) is 0 Å². The summed E-state index contributed by atoms with van der Waals surface area (Å²) in [4.78, 5) is 0. The van der Waals surface area contributed by atoms with Gasteiger partial charge in [0.2, 0.25) is 0 Å². The Morgan fingerprint density at radius 1 is 0.667 bits per heavy atom. The molecule has 0 radical (unpaired) electrons. The van der Waals surface area contributed by atoms with E-state index in [1.807, 2.05) is 0 Å². The molecule has 142 valence electrons. The Kier molecular flexibility index (Phi) is 6.09. The smallest absolute Gasteiger partial charge is 0.0593 e. The van der Waals surface area contributed by atoms with Crippen LogP contribution in [0.25, 0.3) is 11.1 Å². The summed E-state index contributed by atoms with van der Waals surface area (Å²) in [6.07, 6.45) is 13.4. The van der Waals surface area contributed by atoms with Crippen molar-refractivity contribution in [2.45, 2.75) is 76.3 Å². The van der Waals surface area contributed by atoms with E-state index in [2.05, 4.69) is 60.4 Å². The Bertz CT molecular complexity index is 730. The second-order valence-electron chi connectivity index (χ2n) is 8.35. The molecule has 0 aliphatic heterocycles. The van der Waals surface area contributed by atoms with Gasteiger partial charge >= 0.3 is 0 Å². The first-order valence-corrected chi connectivity index (χ1v) is 11.0. The second-order valence-corrected chi connectivity index (χ2v) is 8.35. The third kappa shape index (κ3) is 4.19. The fourth-order valence-electron chi connectivity index (χ4n) is 4.88. The molecule has 1 saturated carbocycles. The molecule has 2 aromatic carbocycles. The van der Waals surface area contributed by atoms with Crippen LogP contribution in [0.5, 0.6) is 0 Å². The monoisotopic (exact) mass is 359 g/mol. The summed E-state index contributed by atoms with van der Waals surface area (Å²) in [6, 6.07) is 18.5. The van der Waals surface area contributed by atoms with Crippen LogP contribution < -0.4 is 5.32 Å². The summed E-state index contributed by atoms with van der Waals surface area (Å²) in [5, 5.41) is 4.03. The van der Waals surface area contributed by atoms with E-state index in [4.69, 9.17) is 0 Å². The van der Waals surface area contributed by atoms with Gasteiger partial charge in [0.05, 0.1) is 6.04 Å². The quantitative estimate of drug-likeness (QED) is 0.560. The van der Waals surface area contributed by atoms with Crippen LogP contribution in [0.3, 0.4) is 0 Å². The minimum Gasteiger partial charge on any atom is -0.300 e. The fourth-order valence-corrected chi connectivity index (χ4v) is 4.88. The third-order valence-electron chi connectivity index (χ3n) is 6.44. The van der Waals surface area contributed by atoms with Crippen molar-refractivity contribution in [2.24, 2.45) is 0 Å². The Balaban J connectivity index is 1.56. The van der Waals surface area contributed by atoms with Crippen LogP contribution in [-0.2, 0) is 0 Å². The molecule has 0 amide bonds. The van der Waals surface area contributed by atoms with Gasteiger partial charge in [-0.3, -0.25) is 5.32 Å². The molecule has 1 fully saturated rings. The van der Waals surface area contributed by atoms with Crippen molar-refractivity contribution >= 4 is 0 Å². The number of hydrogen-bond acceptors (Lipinski definition) is 1. The molecule has 0 saturated heterocycles. The standard InChI is InChI=1S/C26H33N/c1-20-14-8-6-4-2-3-5-7-9-19-25(20)27-26-23-17-12-10-15-21(23)22-16-11-13-18-24(22)26/h10-13,15-18,25-27H,1-9,14,19H2. The van der Waals surface area contributed by atoms with E-state index >= 15 is 0 Å². The summed E-state index contributed by atoms with van der Waals surface area (Å²) in [5.41, 5.74) is 7.06. The van der Waals surface area contributed by atoms with Gasteiger partial charge in [0.15, 0.2) is 0 Å². The average Bonchev–Trinajstić information content (AvgIpc) is 3.01. The molecule has 0 spiro atoms. The maximum absolute atomic E-state index is 4.52. The molecule has 2 aliphatic carbocycles. The van der Waals surface area contributed by atoms with Crippen molar-refractivity contribution in [1.29, 1.82) is 0 Å². The van der Waals surface area contributed by atoms with Crippen molar-refractivity contribution in [3.63, 3.8) is 0 Å². The first kappa shape index (κ1) is 18.5. The lowest BCUT2D eigenvalue weighted by Crippen LogP contribution is -2.34. The van der Waals surface area contributed by atoms with Gasteiger partial charge < -0.3 is 0 Å². The molecule has 1 nitrogen and oxygen atoms in total. The molecular weight excluding hydrogens is 326 g/mol. The van der Waals surface area contributed by atoms with Gasteiger partial charge in [0.1, 0.15) is 0 Å². The van der Waals surface area contributed by atoms with E-state index < -0.39 is 0 Å². The molecular formula is C26H33N. The van der Waals surface area contributed by atoms with Crippen molar-refractivity contribution in [3.8, 4) is 11.1 Å². The van der Waals surface area contributed by atoms with Gasteiger partial charge in [-0.15, -0.1) is 0 Å². The van der Waals surface area contributed by atoms with E-state index in [1.54, 1.807) is 0 Å². The van der Waals surface area contributed by atoms with Crippen LogP contribution >= 0.6 is 0 Å². The van der Waals surface area contributed by atoms with Gasteiger partial charge in [-0.1, -0.05) is 106 Å². The third-order valence-corrected chi connectivity index (χ3v) is 6.44. The molecule has 4 rings (SSSR count). The van der Waals surface area contributed by atoms with E-state index in [9.17, 15) is 0 Å². The highest BCUT2D eigenvalue weighted by molar-refractivity contribution is 5.78. The van der Waals surface area contributed by atoms with Crippen LogP contribution in [0.4, 0.5) is 0 Å². The Hall–Kier alpha value is -1.86. The number of benzene rings is 2. The zero-order valence-electron chi connectivity index (χ0n) is 16.6. The SMILES string of the molecule is C=C1CCCCCCCCCCC1NC1c2ccccc2-c2ccccc21. The lowest BCUT2D eigenvalue weighted by molar-refractivity contribution is 0.447. The maximum Gasteiger partial charge on any atom is 0.0593 e. The van der Waals surface area contributed by atoms with E-state index in [1.165, 1.54) is 92.0 Å². The summed E-state index contributed by atoms with van der Waals surface area (Å²) in [5.74, 6) is 0. The van der Waals surface area contributed by atoms with Gasteiger partial charge in [-0.05, 0) is 41.5 Å². The molecule has 2 aromatic rings. The topological polar surface area (TPSA) is 12.0 Å².